The molecular weight excluding hydrogens is 253 g/mol. The second-order valence-corrected chi connectivity index (χ2v) is 3.16. The van der Waals surface area contributed by atoms with Crippen LogP contribution in [0.1, 0.15) is 5.56 Å². The lowest BCUT2D eigenvalue weighted by molar-refractivity contribution is 0.562. The van der Waals surface area contributed by atoms with Gasteiger partial charge in [0.2, 0.25) is 6.08 Å². The summed E-state index contributed by atoms with van der Waals surface area (Å²) in [5.74, 6) is 0. The van der Waals surface area contributed by atoms with Gasteiger partial charge in [0, 0.05) is 3.57 Å². The van der Waals surface area contributed by atoms with E-state index < -0.39 is 0 Å². The van der Waals surface area contributed by atoms with E-state index in [0.717, 1.165) is 9.13 Å². The Bertz CT molecular complexity index is 292. The molecule has 1 aromatic carbocycles. The van der Waals surface area contributed by atoms with Crippen molar-refractivity contribution in [3.05, 3.63) is 33.4 Å². The van der Waals surface area contributed by atoms with Crippen LogP contribution >= 0.6 is 22.6 Å². The van der Waals surface area contributed by atoms with Crippen LogP contribution in [0, 0.1) is 3.57 Å². The van der Waals surface area contributed by atoms with Gasteiger partial charge in [0.05, 0.1) is 6.54 Å². The lowest BCUT2D eigenvalue weighted by Crippen LogP contribution is -1.84. The minimum absolute atomic E-state index is 0.433. The van der Waals surface area contributed by atoms with Gasteiger partial charge in [0.1, 0.15) is 0 Å². The summed E-state index contributed by atoms with van der Waals surface area (Å²) in [5.41, 5.74) is 1.07. The minimum atomic E-state index is 0.433. The molecule has 0 amide bonds. The number of isocyanates is 1. The SMILES string of the molecule is O=C=NCc1ccccc1I. The summed E-state index contributed by atoms with van der Waals surface area (Å²) in [4.78, 5) is 13.3. The largest absolute Gasteiger partial charge is 0.235 e. The molecule has 0 aliphatic heterocycles. The number of hydrogen-bond donors (Lipinski definition) is 0. The molecule has 56 valence electrons. The van der Waals surface area contributed by atoms with Crippen molar-refractivity contribution in [3.63, 3.8) is 0 Å². The van der Waals surface area contributed by atoms with Crippen LogP contribution in [0.25, 0.3) is 0 Å². The van der Waals surface area contributed by atoms with Gasteiger partial charge in [0.25, 0.3) is 0 Å². The third kappa shape index (κ3) is 2.44. The van der Waals surface area contributed by atoms with Crippen LogP contribution in [0.4, 0.5) is 0 Å². The molecule has 0 aromatic heterocycles. The van der Waals surface area contributed by atoms with Crippen molar-refractivity contribution in [2.45, 2.75) is 6.54 Å². The van der Waals surface area contributed by atoms with Crippen molar-refractivity contribution in [1.82, 2.24) is 0 Å². The second-order valence-electron chi connectivity index (χ2n) is 2.00. The highest BCUT2D eigenvalue weighted by Gasteiger charge is 1.94. The summed E-state index contributed by atoms with van der Waals surface area (Å²) in [6, 6.07) is 7.81. The van der Waals surface area contributed by atoms with Crippen LogP contribution < -0.4 is 0 Å². The lowest BCUT2D eigenvalue weighted by Gasteiger charge is -1.96. The highest BCUT2D eigenvalue weighted by Crippen LogP contribution is 2.11. The normalized spacial score (nSPS) is 8.82. The van der Waals surface area contributed by atoms with E-state index in [1.54, 1.807) is 0 Å². The lowest BCUT2D eigenvalue weighted by atomic mass is 10.2. The molecule has 2 nitrogen and oxygen atoms in total. The number of benzene rings is 1. The van der Waals surface area contributed by atoms with E-state index >= 15 is 0 Å². The molecular formula is C8H6INO. The number of hydrogen-bond acceptors (Lipinski definition) is 2. The molecule has 0 fully saturated rings. The summed E-state index contributed by atoms with van der Waals surface area (Å²) in [5, 5.41) is 0. The van der Waals surface area contributed by atoms with Gasteiger partial charge in [-0.15, -0.1) is 0 Å². The van der Waals surface area contributed by atoms with Gasteiger partial charge in [-0.1, -0.05) is 18.2 Å². The third-order valence-electron chi connectivity index (χ3n) is 1.27. The molecule has 0 spiro atoms. The second kappa shape index (κ2) is 4.26. The number of aliphatic imine (C=N–C) groups is 1. The van der Waals surface area contributed by atoms with Crippen LogP contribution in [-0.4, -0.2) is 6.08 Å². The van der Waals surface area contributed by atoms with Crippen LogP contribution in [0.15, 0.2) is 29.3 Å². The van der Waals surface area contributed by atoms with Crippen molar-refractivity contribution in [3.8, 4) is 0 Å². The van der Waals surface area contributed by atoms with Gasteiger partial charge in [-0.2, -0.15) is 0 Å². The fourth-order valence-corrected chi connectivity index (χ4v) is 1.30. The summed E-state index contributed by atoms with van der Waals surface area (Å²) in [6.45, 7) is 0.433. The summed E-state index contributed by atoms with van der Waals surface area (Å²) >= 11 is 2.21. The molecule has 0 aliphatic carbocycles. The first-order valence-corrected chi connectivity index (χ1v) is 4.19. The minimum Gasteiger partial charge on any atom is -0.211 e. The molecule has 0 saturated heterocycles. The van der Waals surface area contributed by atoms with Crippen molar-refractivity contribution in [2.24, 2.45) is 4.99 Å². The van der Waals surface area contributed by atoms with Gasteiger partial charge < -0.3 is 0 Å². The van der Waals surface area contributed by atoms with E-state index in [4.69, 9.17) is 0 Å². The molecule has 1 rings (SSSR count). The Hall–Kier alpha value is -0.670. The molecule has 0 N–H and O–H groups in total. The maximum atomic E-state index is 9.80. The zero-order valence-electron chi connectivity index (χ0n) is 5.75. The van der Waals surface area contributed by atoms with Gasteiger partial charge in [0.15, 0.2) is 0 Å². The van der Waals surface area contributed by atoms with Gasteiger partial charge in [-0.25, -0.2) is 9.79 Å². The maximum Gasteiger partial charge on any atom is 0.235 e. The van der Waals surface area contributed by atoms with Gasteiger partial charge in [-0.05, 0) is 34.2 Å². The highest BCUT2D eigenvalue weighted by molar-refractivity contribution is 14.1. The Morgan fingerprint density at radius 1 is 1.45 bits per heavy atom. The quantitative estimate of drug-likeness (QED) is 0.454. The average Bonchev–Trinajstić information content (AvgIpc) is 2.03. The molecule has 11 heavy (non-hydrogen) atoms. The van der Waals surface area contributed by atoms with E-state index in [2.05, 4.69) is 27.6 Å². The Morgan fingerprint density at radius 2 is 2.18 bits per heavy atom. The maximum absolute atomic E-state index is 9.80. The molecule has 0 atom stereocenters. The Kier molecular flexibility index (Phi) is 3.26. The van der Waals surface area contributed by atoms with Crippen LogP contribution in [-0.2, 0) is 11.3 Å². The highest BCUT2D eigenvalue weighted by atomic mass is 127. The fraction of sp³-hybridized carbons (Fsp3) is 0.125. The first-order valence-electron chi connectivity index (χ1n) is 3.11. The molecule has 1 aromatic rings. The van der Waals surface area contributed by atoms with Crippen molar-refractivity contribution in [2.75, 3.05) is 0 Å². The summed E-state index contributed by atoms with van der Waals surface area (Å²) in [6.07, 6.45) is 1.52. The predicted molar refractivity (Wildman–Crippen MR) is 51.0 cm³/mol. The molecule has 0 heterocycles. The number of carbonyl (C=O) groups excluding carboxylic acids is 1. The third-order valence-corrected chi connectivity index (χ3v) is 2.32. The topological polar surface area (TPSA) is 29.4 Å². The average molecular weight is 259 g/mol. The number of halogens is 1. The first-order chi connectivity index (χ1) is 5.34. The van der Waals surface area contributed by atoms with Crippen LogP contribution in [0.2, 0.25) is 0 Å². The number of nitrogens with zero attached hydrogens (tertiary/aromatic N) is 1. The summed E-state index contributed by atoms with van der Waals surface area (Å²) in [7, 11) is 0. The molecule has 0 saturated carbocycles. The van der Waals surface area contributed by atoms with E-state index in [-0.39, 0.29) is 0 Å². The van der Waals surface area contributed by atoms with E-state index in [1.807, 2.05) is 24.3 Å². The molecule has 0 bridgehead atoms. The Labute approximate surface area is 78.5 Å². The van der Waals surface area contributed by atoms with Gasteiger partial charge in [-0.3, -0.25) is 0 Å². The zero-order chi connectivity index (χ0) is 8.10. The Balaban J connectivity index is 2.85. The molecule has 3 heteroatoms. The molecule has 0 aliphatic rings. The summed E-state index contributed by atoms with van der Waals surface area (Å²) < 4.78 is 1.13. The monoisotopic (exact) mass is 259 g/mol. The van der Waals surface area contributed by atoms with Crippen molar-refractivity contribution >= 4 is 28.7 Å². The van der Waals surface area contributed by atoms with Gasteiger partial charge >= 0.3 is 0 Å². The Morgan fingerprint density at radius 3 is 2.82 bits per heavy atom. The zero-order valence-corrected chi connectivity index (χ0v) is 7.91. The fourth-order valence-electron chi connectivity index (χ4n) is 0.744. The van der Waals surface area contributed by atoms with Crippen molar-refractivity contribution < 1.29 is 4.79 Å². The van der Waals surface area contributed by atoms with E-state index in [0.29, 0.717) is 6.54 Å². The van der Waals surface area contributed by atoms with Crippen LogP contribution in [0.5, 0.6) is 0 Å². The predicted octanol–water partition coefficient (Wildman–Crippen LogP) is 2.13. The van der Waals surface area contributed by atoms with E-state index in [9.17, 15) is 4.79 Å². The number of rotatable bonds is 2. The standard InChI is InChI=1S/C8H6INO/c9-8-4-2-1-3-7(8)5-10-6-11/h1-4H,5H2. The van der Waals surface area contributed by atoms with E-state index in [1.165, 1.54) is 6.08 Å². The smallest absolute Gasteiger partial charge is 0.211 e. The molecule has 0 radical (unpaired) electrons. The molecule has 0 unspecified atom stereocenters. The van der Waals surface area contributed by atoms with Crippen LogP contribution in [0.3, 0.4) is 0 Å². The first kappa shape index (κ1) is 8.43. The van der Waals surface area contributed by atoms with Crippen molar-refractivity contribution in [1.29, 1.82) is 0 Å².